The Labute approximate surface area is 99.4 Å². The molecule has 0 aliphatic rings. The van der Waals surface area contributed by atoms with Gasteiger partial charge in [0.25, 0.3) is 0 Å². The Bertz CT molecular complexity index is 88.6. The average Bonchev–Trinajstić information content (AvgIpc) is 1.35. The molecule has 0 heterocycles. The Kier molecular flexibility index (Phi) is 25.2. The van der Waals surface area contributed by atoms with Gasteiger partial charge in [0.2, 0.25) is 0 Å². The molecule has 0 rings (SSSR count). The van der Waals surface area contributed by atoms with E-state index in [2.05, 4.69) is 4.21 Å². The first-order chi connectivity index (χ1) is 2.56. The largest absolute Gasteiger partial charge is 2.00 e. The first kappa shape index (κ1) is 22.5. The molecule has 0 radical (unpaired) electrons. The molecule has 0 bridgehead atoms. The smallest absolute Gasteiger partial charge is 1.00 e. The van der Waals surface area contributed by atoms with Gasteiger partial charge in [-0.2, -0.15) is 0 Å². The Morgan fingerprint density at radius 1 is 1.56 bits per heavy atom. The molecule has 0 unspecified atom stereocenters. The summed E-state index contributed by atoms with van der Waals surface area (Å²) in [6, 6.07) is 0. The molecule has 9 heteroatoms. The molecule has 0 aromatic rings. The van der Waals surface area contributed by atoms with E-state index in [0.717, 1.165) is 0 Å². The minimum absolute atomic E-state index is 0. The van der Waals surface area contributed by atoms with E-state index in [9.17, 15) is 4.57 Å². The molecule has 0 aromatic heterocycles. The molecule has 0 saturated carbocycles. The zero-order chi connectivity index (χ0) is 5.21. The molecule has 0 atom stereocenters. The first-order valence-corrected chi connectivity index (χ1v) is 3.52. The van der Waals surface area contributed by atoms with Crippen LogP contribution in [0.1, 0.15) is 2.85 Å². The van der Waals surface area contributed by atoms with Crippen LogP contribution in [0.2, 0.25) is 0 Å². The van der Waals surface area contributed by atoms with E-state index in [4.69, 9.17) is 9.79 Å². The van der Waals surface area contributed by atoms with Gasteiger partial charge < -0.3 is 22.3 Å². The van der Waals surface area contributed by atoms with E-state index in [1.165, 1.54) is 0 Å². The maximum Gasteiger partial charge on any atom is 2.00 e. The topological polar surface area (TPSA) is 98.3 Å². The van der Waals surface area contributed by atoms with Gasteiger partial charge in [0, 0.05) is 0 Å². The van der Waals surface area contributed by atoms with Crippen molar-refractivity contribution in [1.82, 2.24) is 0 Å². The standard InChI is InChI=1S/Al.Ca.H5O4PSi.H2O.5H/c;;1-5(2,3)4-6;;;;;;/h;;6H3,(H2,1,2,3);1H2;;;;;/q;+2;;;;;;2*-1. The van der Waals surface area contributed by atoms with Crippen molar-refractivity contribution in [2.75, 3.05) is 0 Å². The third-order valence-electron chi connectivity index (χ3n) is 0.238. The molecular formula is H12AlCaO5PSi. The SMILES string of the molecule is O.O=P(O)(O)O[SiH3].[AlH3].[Ca+2].[H-].[H-]. The fourth-order valence-corrected chi connectivity index (χ4v) is 0. The van der Waals surface area contributed by atoms with Gasteiger partial charge in [-0.15, -0.1) is 0 Å². The van der Waals surface area contributed by atoms with Gasteiger partial charge in [0.05, 0.1) is 0 Å². The zero-order valence-electron chi connectivity index (χ0n) is 6.37. The molecule has 4 N–H and O–H groups in total. The Morgan fingerprint density at radius 3 is 1.67 bits per heavy atom. The maximum absolute atomic E-state index is 9.51. The van der Waals surface area contributed by atoms with Crippen molar-refractivity contribution in [3.05, 3.63) is 0 Å². The summed E-state index contributed by atoms with van der Waals surface area (Å²) in [6.45, 7) is 0. The summed E-state index contributed by atoms with van der Waals surface area (Å²) in [7, 11) is -4.00. The van der Waals surface area contributed by atoms with E-state index < -0.39 is 7.82 Å². The van der Waals surface area contributed by atoms with Crippen LogP contribution in [-0.4, -0.2) is 80.8 Å². The minimum atomic E-state index is -4.08. The van der Waals surface area contributed by atoms with Crippen molar-refractivity contribution < 1.29 is 26.9 Å². The van der Waals surface area contributed by atoms with Crippen LogP contribution in [-0.2, 0) is 8.78 Å². The van der Waals surface area contributed by atoms with Crippen molar-refractivity contribution in [3.8, 4) is 0 Å². The number of rotatable bonds is 1. The van der Waals surface area contributed by atoms with Crippen LogP contribution in [0.15, 0.2) is 0 Å². The fraction of sp³-hybridized carbons (Fsp3) is 0. The van der Waals surface area contributed by atoms with Gasteiger partial charge in [-0.3, -0.25) is 0 Å². The third kappa shape index (κ3) is 25.5. The van der Waals surface area contributed by atoms with Crippen molar-refractivity contribution in [2.24, 2.45) is 0 Å². The predicted molar refractivity (Wildman–Crippen MR) is 44.6 cm³/mol. The van der Waals surface area contributed by atoms with Gasteiger partial charge in [-0.1, -0.05) is 0 Å². The van der Waals surface area contributed by atoms with Crippen LogP contribution in [0.3, 0.4) is 0 Å². The van der Waals surface area contributed by atoms with Gasteiger partial charge in [0.15, 0.2) is 27.8 Å². The first-order valence-electron chi connectivity index (χ1n) is 1.17. The average molecular weight is 218 g/mol. The van der Waals surface area contributed by atoms with E-state index in [1.807, 2.05) is 0 Å². The zero-order valence-corrected chi connectivity index (χ0v) is 9.47. The Morgan fingerprint density at radius 2 is 1.67 bits per heavy atom. The molecule has 5 nitrogen and oxygen atoms in total. The van der Waals surface area contributed by atoms with E-state index in [-0.39, 0.29) is 73.9 Å². The minimum Gasteiger partial charge on any atom is -1.00 e. The van der Waals surface area contributed by atoms with E-state index in [0.29, 0.717) is 0 Å². The fourth-order valence-electron chi connectivity index (χ4n) is 0. The summed E-state index contributed by atoms with van der Waals surface area (Å²) in [5, 5.41) is 0. The quantitative estimate of drug-likeness (QED) is 0.348. The number of hydrogen-bond donors (Lipinski definition) is 2. The monoisotopic (exact) mass is 218 g/mol. The molecular weight excluding hydrogens is 206 g/mol. The molecule has 0 aliphatic carbocycles. The molecule has 0 saturated heterocycles. The van der Waals surface area contributed by atoms with E-state index in [1.54, 1.807) is 0 Å². The van der Waals surface area contributed by atoms with Crippen LogP contribution in [0.4, 0.5) is 0 Å². The van der Waals surface area contributed by atoms with Gasteiger partial charge in [0.1, 0.15) is 0 Å². The van der Waals surface area contributed by atoms with Crippen LogP contribution in [0, 0.1) is 0 Å². The van der Waals surface area contributed by atoms with Crippen LogP contribution < -0.4 is 0 Å². The second-order valence-corrected chi connectivity index (χ2v) is 3.11. The van der Waals surface area contributed by atoms with Crippen molar-refractivity contribution in [1.29, 1.82) is 0 Å². The predicted octanol–water partition coefficient (Wildman–Crippen LogP) is -3.79. The summed E-state index contributed by atoms with van der Waals surface area (Å²) in [4.78, 5) is 15.5. The summed E-state index contributed by atoms with van der Waals surface area (Å²) in [5.41, 5.74) is 0. The maximum atomic E-state index is 9.51. The van der Waals surface area contributed by atoms with Gasteiger partial charge in [-0.25, -0.2) is 4.57 Å². The Balaban J connectivity index is -0.0000000125. The molecule has 0 spiro atoms. The number of phosphoric acid groups is 1. The van der Waals surface area contributed by atoms with Crippen molar-refractivity contribution in [3.63, 3.8) is 0 Å². The normalized spacial score (nSPS) is 8.22. The Hall–Kier alpha value is 2.08. The molecule has 0 amide bonds. The summed E-state index contributed by atoms with van der Waals surface area (Å²) < 4.78 is 13.2. The second-order valence-electron chi connectivity index (χ2n) is 0.673. The molecule has 0 fully saturated rings. The van der Waals surface area contributed by atoms with Gasteiger partial charge in [-0.05, 0) is 0 Å². The van der Waals surface area contributed by atoms with Crippen LogP contribution in [0.5, 0.6) is 0 Å². The molecule has 0 aromatic carbocycles. The summed E-state index contributed by atoms with van der Waals surface area (Å²) in [6.07, 6.45) is 0. The molecule has 56 valence electrons. The summed E-state index contributed by atoms with van der Waals surface area (Å²) in [5.74, 6) is 0. The second kappa shape index (κ2) is 10.1. The van der Waals surface area contributed by atoms with Crippen LogP contribution in [0.25, 0.3) is 0 Å². The van der Waals surface area contributed by atoms with Crippen molar-refractivity contribution in [2.45, 2.75) is 0 Å². The van der Waals surface area contributed by atoms with Crippen molar-refractivity contribution >= 4 is 73.4 Å². The van der Waals surface area contributed by atoms with E-state index >= 15 is 0 Å². The molecule has 9 heavy (non-hydrogen) atoms. The summed E-state index contributed by atoms with van der Waals surface area (Å²) >= 11 is 0. The third-order valence-corrected chi connectivity index (χ3v) is 2.14. The van der Waals surface area contributed by atoms with Crippen LogP contribution >= 0.6 is 7.82 Å². The van der Waals surface area contributed by atoms with Gasteiger partial charge >= 0.3 is 45.6 Å². The molecule has 0 aliphatic heterocycles. The number of hydrogen-bond acceptors (Lipinski definition) is 2.